The Balaban J connectivity index is 1.63. The van der Waals surface area contributed by atoms with Gasteiger partial charge in [-0.05, 0) is 71.8 Å². The highest BCUT2D eigenvalue weighted by atomic mass is 79.9. The van der Waals surface area contributed by atoms with Crippen molar-refractivity contribution in [3.8, 4) is 11.5 Å². The molecular formula is C26H27BrN4O7S. The number of para-hydroxylation sites is 1. The number of hydrazone groups is 1. The van der Waals surface area contributed by atoms with Crippen LogP contribution in [0.5, 0.6) is 11.5 Å². The number of amides is 1. The highest BCUT2D eigenvalue weighted by Gasteiger charge is 2.32. The number of nitrogens with zero attached hydrogens (tertiary/aromatic N) is 1. The zero-order chi connectivity index (χ0) is 28.4. The monoisotopic (exact) mass is 618 g/mol. The first kappa shape index (κ1) is 29.6. The number of allylic oxidation sites excluding steroid dienone is 1. The van der Waals surface area contributed by atoms with Crippen molar-refractivity contribution in [2.24, 2.45) is 5.10 Å². The van der Waals surface area contributed by atoms with E-state index in [1.54, 1.807) is 56.3 Å². The van der Waals surface area contributed by atoms with Crippen LogP contribution in [0.3, 0.4) is 0 Å². The number of carbonyl (C=O) groups is 3. The summed E-state index contributed by atoms with van der Waals surface area (Å²) in [5.74, 6) is -0.640. The smallest absolute Gasteiger partial charge is 0.343 e. The highest BCUT2D eigenvalue weighted by Crippen LogP contribution is 2.33. The molecule has 13 heteroatoms. The highest BCUT2D eigenvalue weighted by molar-refractivity contribution is 9.10. The molecule has 3 N–H and O–H groups in total. The number of hydrogen-bond acceptors (Lipinski definition) is 9. The summed E-state index contributed by atoms with van der Waals surface area (Å²) in [4.78, 5) is 36.3. The molecule has 2 aromatic carbocycles. The molecule has 0 fully saturated rings. The van der Waals surface area contributed by atoms with Gasteiger partial charge in [0.05, 0.1) is 36.0 Å². The van der Waals surface area contributed by atoms with Crippen molar-refractivity contribution in [3.05, 3.63) is 69.3 Å². The molecule has 206 valence electrons. The number of carbonyl (C=O) groups excluding carboxylic acids is 3. The number of methoxy groups -OCH3 is 1. The Hall–Kier alpha value is -3.97. The van der Waals surface area contributed by atoms with Crippen LogP contribution in [0.1, 0.15) is 31.0 Å². The minimum atomic E-state index is -0.631. The first-order valence-corrected chi connectivity index (χ1v) is 12.9. The molecule has 1 atom stereocenters. The number of esters is 2. The zero-order valence-electron chi connectivity index (χ0n) is 21.4. The average molecular weight is 619 g/mol. The molecule has 0 spiro atoms. The fourth-order valence-corrected chi connectivity index (χ4v) is 4.30. The van der Waals surface area contributed by atoms with Gasteiger partial charge in [0.15, 0.2) is 18.3 Å². The molecule has 1 heterocycles. The maximum absolute atomic E-state index is 12.7. The van der Waals surface area contributed by atoms with Crippen molar-refractivity contribution < 1.29 is 33.3 Å². The molecule has 1 amide bonds. The van der Waals surface area contributed by atoms with Gasteiger partial charge in [0, 0.05) is 11.3 Å². The van der Waals surface area contributed by atoms with E-state index in [1.165, 1.54) is 13.3 Å². The summed E-state index contributed by atoms with van der Waals surface area (Å²) in [6.07, 6.45) is 1.44. The Morgan fingerprint density at radius 1 is 1.13 bits per heavy atom. The lowest BCUT2D eigenvalue weighted by molar-refractivity contribution is -0.143. The predicted molar refractivity (Wildman–Crippen MR) is 150 cm³/mol. The number of halogens is 1. The third kappa shape index (κ3) is 8.26. The average Bonchev–Trinajstić information content (AvgIpc) is 2.91. The van der Waals surface area contributed by atoms with Gasteiger partial charge in [-0.1, -0.05) is 18.2 Å². The van der Waals surface area contributed by atoms with Crippen molar-refractivity contribution in [3.63, 3.8) is 0 Å². The van der Waals surface area contributed by atoms with Crippen molar-refractivity contribution in [2.45, 2.75) is 19.9 Å². The normalized spacial score (nSPS) is 14.8. The predicted octanol–water partition coefficient (Wildman–Crippen LogP) is 2.89. The fraction of sp³-hybridized carbons (Fsp3) is 0.269. The van der Waals surface area contributed by atoms with Crippen LogP contribution < -0.4 is 25.5 Å². The van der Waals surface area contributed by atoms with Crippen LogP contribution in [0, 0.1) is 0 Å². The lowest BCUT2D eigenvalue weighted by Crippen LogP contribution is -2.45. The Morgan fingerprint density at radius 2 is 1.87 bits per heavy atom. The van der Waals surface area contributed by atoms with E-state index in [4.69, 9.17) is 26.4 Å². The van der Waals surface area contributed by atoms with Gasteiger partial charge in [-0.3, -0.25) is 4.79 Å². The summed E-state index contributed by atoms with van der Waals surface area (Å²) in [7, 11) is 1.28. The summed E-state index contributed by atoms with van der Waals surface area (Å²) in [5, 5.41) is 10.3. The largest absolute Gasteiger partial charge is 0.483 e. The number of thiocarbonyl (C=S) groups is 1. The molecular weight excluding hydrogens is 592 g/mol. The maximum Gasteiger partial charge on any atom is 0.343 e. The molecule has 2 aromatic rings. The first-order chi connectivity index (χ1) is 18.7. The number of rotatable bonds is 11. The fourth-order valence-electron chi connectivity index (χ4n) is 3.52. The van der Waals surface area contributed by atoms with Crippen LogP contribution in [-0.4, -0.2) is 56.1 Å². The number of nitrogens with one attached hydrogen (secondary N) is 3. The molecule has 0 aliphatic carbocycles. The summed E-state index contributed by atoms with van der Waals surface area (Å²) < 4.78 is 21.5. The third-order valence-electron chi connectivity index (χ3n) is 5.29. The SMILES string of the molecule is CCOC(=O)C1=C(C)NC(=S)N[C@H]1c1ccccc1OCC(=O)NN=Cc1ccc(OCC(=O)OC)c(Br)c1. The van der Waals surface area contributed by atoms with Gasteiger partial charge in [0.1, 0.15) is 11.5 Å². The second-order valence-electron chi connectivity index (χ2n) is 7.96. The van der Waals surface area contributed by atoms with Gasteiger partial charge >= 0.3 is 11.9 Å². The van der Waals surface area contributed by atoms with E-state index in [2.05, 4.69) is 41.8 Å². The van der Waals surface area contributed by atoms with Gasteiger partial charge in [0.25, 0.3) is 5.91 Å². The second-order valence-corrected chi connectivity index (χ2v) is 9.23. The lowest BCUT2D eigenvalue weighted by atomic mass is 9.95. The molecule has 0 saturated carbocycles. The number of hydrogen-bond donors (Lipinski definition) is 3. The molecule has 0 aromatic heterocycles. The Morgan fingerprint density at radius 3 is 2.59 bits per heavy atom. The lowest BCUT2D eigenvalue weighted by Gasteiger charge is -2.30. The molecule has 11 nitrogen and oxygen atoms in total. The minimum Gasteiger partial charge on any atom is -0.483 e. The van der Waals surface area contributed by atoms with Crippen LogP contribution in [0.4, 0.5) is 0 Å². The Bertz CT molecular complexity index is 1310. The topological polar surface area (TPSA) is 137 Å². The van der Waals surface area contributed by atoms with Crippen molar-refractivity contribution in [1.82, 2.24) is 16.1 Å². The summed E-state index contributed by atoms with van der Waals surface area (Å²) in [5.41, 5.74) is 4.62. The van der Waals surface area contributed by atoms with Gasteiger partial charge in [-0.2, -0.15) is 5.10 Å². The molecule has 0 saturated heterocycles. The Labute approximate surface area is 239 Å². The number of benzene rings is 2. The summed E-state index contributed by atoms with van der Waals surface area (Å²) >= 11 is 8.65. The van der Waals surface area contributed by atoms with E-state index >= 15 is 0 Å². The van der Waals surface area contributed by atoms with E-state index in [9.17, 15) is 14.4 Å². The summed E-state index contributed by atoms with van der Waals surface area (Å²) in [6, 6.07) is 11.4. The van der Waals surface area contributed by atoms with Crippen molar-refractivity contribution in [1.29, 1.82) is 0 Å². The third-order valence-corrected chi connectivity index (χ3v) is 6.12. The standard InChI is InChI=1S/C26H27BrN4O7S/c1-4-36-25(34)23-15(2)29-26(39)30-24(23)17-7-5-6-8-19(17)37-13-21(32)31-28-12-16-9-10-20(18(27)11-16)38-14-22(33)35-3/h5-12,24H,4,13-14H2,1-3H3,(H,31,32)(H2,29,30,39)/t24-/m0/s1. The molecule has 3 rings (SSSR count). The summed E-state index contributed by atoms with van der Waals surface area (Å²) in [6.45, 7) is 3.14. The van der Waals surface area contributed by atoms with Crippen LogP contribution in [0.25, 0.3) is 0 Å². The van der Waals surface area contributed by atoms with Crippen LogP contribution in [0.15, 0.2) is 63.3 Å². The minimum absolute atomic E-state index is 0.218. The van der Waals surface area contributed by atoms with Gasteiger partial charge in [0.2, 0.25) is 0 Å². The van der Waals surface area contributed by atoms with Crippen LogP contribution in [-0.2, 0) is 23.9 Å². The molecule has 0 unspecified atom stereocenters. The van der Waals surface area contributed by atoms with Crippen LogP contribution >= 0.6 is 28.1 Å². The van der Waals surface area contributed by atoms with Crippen LogP contribution in [0.2, 0.25) is 0 Å². The second kappa shape index (κ2) is 14.3. The number of ether oxygens (including phenoxy) is 4. The first-order valence-electron chi connectivity index (χ1n) is 11.7. The van der Waals surface area contributed by atoms with Crippen molar-refractivity contribution >= 4 is 57.3 Å². The molecule has 1 aliphatic heterocycles. The molecule has 39 heavy (non-hydrogen) atoms. The van der Waals surface area contributed by atoms with Gasteiger partial charge in [-0.25, -0.2) is 15.0 Å². The molecule has 0 radical (unpaired) electrons. The van der Waals surface area contributed by atoms with E-state index in [0.717, 1.165) is 0 Å². The molecule has 1 aliphatic rings. The van der Waals surface area contributed by atoms with E-state index in [0.29, 0.717) is 43.5 Å². The molecule has 0 bridgehead atoms. The maximum atomic E-state index is 12.7. The van der Waals surface area contributed by atoms with E-state index < -0.39 is 23.9 Å². The van der Waals surface area contributed by atoms with Crippen molar-refractivity contribution in [2.75, 3.05) is 26.9 Å². The Kier molecular flexibility index (Phi) is 10.8. The van der Waals surface area contributed by atoms with E-state index in [-0.39, 0.29) is 19.8 Å². The van der Waals surface area contributed by atoms with Gasteiger partial charge in [-0.15, -0.1) is 0 Å². The van der Waals surface area contributed by atoms with E-state index in [1.807, 2.05) is 0 Å². The zero-order valence-corrected chi connectivity index (χ0v) is 23.8. The van der Waals surface area contributed by atoms with Gasteiger partial charge < -0.3 is 29.6 Å². The quantitative estimate of drug-likeness (QED) is 0.149.